The molecule has 0 bridgehead atoms. The van der Waals surface area contributed by atoms with Crippen LogP contribution in [0.3, 0.4) is 0 Å². The summed E-state index contributed by atoms with van der Waals surface area (Å²) in [6, 6.07) is 6.02. The summed E-state index contributed by atoms with van der Waals surface area (Å²) >= 11 is 1.63. The van der Waals surface area contributed by atoms with Crippen LogP contribution in [0.4, 0.5) is 11.5 Å². The number of hydrogen-bond acceptors (Lipinski definition) is 6. The first-order valence-corrected chi connectivity index (χ1v) is 11.2. The molecule has 4 aromatic rings. The van der Waals surface area contributed by atoms with Crippen molar-refractivity contribution in [2.24, 2.45) is 16.6 Å². The molecular weight excluding hydrogens is 424 g/mol. The second-order valence-electron chi connectivity index (χ2n) is 7.71. The summed E-state index contributed by atoms with van der Waals surface area (Å²) in [5.41, 5.74) is 8.98. The van der Waals surface area contributed by atoms with Gasteiger partial charge in [0.15, 0.2) is 0 Å². The van der Waals surface area contributed by atoms with Gasteiger partial charge < -0.3 is 16.4 Å². The van der Waals surface area contributed by atoms with Gasteiger partial charge >= 0.3 is 0 Å². The van der Waals surface area contributed by atoms with Crippen molar-refractivity contribution >= 4 is 55.7 Å². The molecule has 1 aliphatic rings. The summed E-state index contributed by atoms with van der Waals surface area (Å²) in [4.78, 5) is 27.8. The van der Waals surface area contributed by atoms with Crippen LogP contribution in [0.1, 0.15) is 16.9 Å². The van der Waals surface area contributed by atoms with Crippen LogP contribution in [0.25, 0.3) is 21.1 Å². The number of aryl methyl sites for hydroxylation is 1. The fourth-order valence-electron chi connectivity index (χ4n) is 4.02. The Kier molecular flexibility index (Phi) is 5.38. The summed E-state index contributed by atoms with van der Waals surface area (Å²) in [6.07, 6.45) is 8.94. The largest absolute Gasteiger partial charge is 0.383 e. The number of amides is 1. The van der Waals surface area contributed by atoms with Crippen LogP contribution in [-0.2, 0) is 17.6 Å². The number of anilines is 2. The van der Waals surface area contributed by atoms with E-state index >= 15 is 0 Å². The number of aromatic nitrogens is 4. The maximum atomic E-state index is 12.6. The summed E-state index contributed by atoms with van der Waals surface area (Å²) in [7, 11) is 1.89. The molecule has 0 radical (unpaired) electrons. The van der Waals surface area contributed by atoms with E-state index in [2.05, 4.69) is 30.5 Å². The Morgan fingerprint density at radius 2 is 2.31 bits per heavy atom. The molecule has 32 heavy (non-hydrogen) atoms. The number of fused-ring (bicyclic) bond motifs is 4. The Balaban J connectivity index is 1.42. The molecule has 3 aromatic heterocycles. The van der Waals surface area contributed by atoms with E-state index in [1.54, 1.807) is 36.1 Å². The van der Waals surface area contributed by atoms with Gasteiger partial charge in [-0.15, -0.1) is 11.3 Å². The topological polar surface area (TPSA) is 139 Å². The first kappa shape index (κ1) is 20.3. The molecular formula is C22H23N8OS+. The minimum atomic E-state index is -0.166. The van der Waals surface area contributed by atoms with Crippen LogP contribution in [0.5, 0.6) is 0 Å². The summed E-state index contributed by atoms with van der Waals surface area (Å²) in [5.74, 6) is 0.690. The molecule has 0 fully saturated rings. The molecule has 5 rings (SSSR count). The maximum Gasteiger partial charge on any atom is 0.251 e. The van der Waals surface area contributed by atoms with Gasteiger partial charge in [0.05, 0.1) is 30.3 Å². The fourth-order valence-corrected chi connectivity index (χ4v) is 5.29. The quantitative estimate of drug-likeness (QED) is 0.273. The van der Waals surface area contributed by atoms with Crippen LogP contribution in [0, 0.1) is 5.92 Å². The third-order valence-corrected chi connectivity index (χ3v) is 6.76. The number of nitrogens with zero attached hydrogens (tertiary/aromatic N) is 4. The second-order valence-corrected chi connectivity index (χ2v) is 8.79. The molecule has 0 aliphatic heterocycles. The zero-order chi connectivity index (χ0) is 22.1. The second kappa shape index (κ2) is 8.48. The van der Waals surface area contributed by atoms with Crippen molar-refractivity contribution in [2.75, 3.05) is 12.4 Å². The number of benzene rings is 1. The number of quaternary nitrogens is 1. The lowest BCUT2D eigenvalue weighted by Crippen LogP contribution is -2.72. The van der Waals surface area contributed by atoms with E-state index in [0.29, 0.717) is 6.42 Å². The van der Waals surface area contributed by atoms with Gasteiger partial charge in [0.1, 0.15) is 22.8 Å². The average molecular weight is 448 g/mol. The number of nitrogens with two attached hydrogens (primary N) is 2. The van der Waals surface area contributed by atoms with E-state index in [1.807, 2.05) is 30.6 Å². The number of H-pyrrole nitrogens is 1. The van der Waals surface area contributed by atoms with Crippen LogP contribution < -0.4 is 16.4 Å². The van der Waals surface area contributed by atoms with Crippen molar-refractivity contribution in [1.29, 1.82) is 0 Å². The number of carbonyl (C=O) groups excluding carboxylic acids is 1. The van der Waals surface area contributed by atoms with E-state index in [4.69, 9.17) is 5.73 Å². The van der Waals surface area contributed by atoms with Crippen LogP contribution in [-0.4, -0.2) is 39.0 Å². The Hall–Kier alpha value is -3.63. The van der Waals surface area contributed by atoms with E-state index < -0.39 is 0 Å². The number of aromatic amines is 1. The monoisotopic (exact) mass is 447 g/mol. The third-order valence-electron chi connectivity index (χ3n) is 5.60. The molecule has 1 aliphatic carbocycles. The molecule has 162 valence electrons. The minimum Gasteiger partial charge on any atom is -0.383 e. The number of nitrogens with one attached hydrogen (secondary N) is 2. The Morgan fingerprint density at radius 1 is 1.41 bits per heavy atom. The van der Waals surface area contributed by atoms with Crippen molar-refractivity contribution in [2.45, 2.75) is 19.3 Å². The van der Waals surface area contributed by atoms with Crippen molar-refractivity contribution < 1.29 is 10.1 Å². The van der Waals surface area contributed by atoms with E-state index in [1.165, 1.54) is 10.4 Å². The molecule has 1 amide bonds. The molecule has 1 atom stereocenters. The van der Waals surface area contributed by atoms with E-state index in [-0.39, 0.29) is 17.7 Å². The molecule has 1 aromatic carbocycles. The molecule has 6 N–H and O–H groups in total. The average Bonchev–Trinajstić information content (AvgIpc) is 3.41. The van der Waals surface area contributed by atoms with Gasteiger partial charge in [0, 0.05) is 27.9 Å². The summed E-state index contributed by atoms with van der Waals surface area (Å²) in [6.45, 7) is 0. The number of aliphatic imine (C=N–C) groups is 1. The minimum absolute atomic E-state index is 0.163. The Bertz CT molecular complexity index is 1370. The van der Waals surface area contributed by atoms with Crippen molar-refractivity contribution in [3.63, 3.8) is 0 Å². The lowest BCUT2D eigenvalue weighted by molar-refractivity contribution is -0.556. The van der Waals surface area contributed by atoms with E-state index in [0.717, 1.165) is 45.5 Å². The highest BCUT2D eigenvalue weighted by Gasteiger charge is 2.29. The zero-order valence-electron chi connectivity index (χ0n) is 17.5. The van der Waals surface area contributed by atoms with Crippen LogP contribution in [0.15, 0.2) is 48.0 Å². The lowest BCUT2D eigenvalue weighted by atomic mass is 9.87. The zero-order valence-corrected chi connectivity index (χ0v) is 18.3. The predicted octanol–water partition coefficient (Wildman–Crippen LogP) is 2.01. The lowest BCUT2D eigenvalue weighted by Gasteiger charge is -2.19. The number of amidine groups is 1. The Morgan fingerprint density at radius 3 is 3.19 bits per heavy atom. The highest BCUT2D eigenvalue weighted by Crippen LogP contribution is 2.40. The van der Waals surface area contributed by atoms with Gasteiger partial charge in [0.2, 0.25) is 0 Å². The van der Waals surface area contributed by atoms with Crippen molar-refractivity contribution in [3.05, 3.63) is 53.4 Å². The molecule has 0 saturated carbocycles. The smallest absolute Gasteiger partial charge is 0.251 e. The number of carbonyl (C=O) groups is 1. The van der Waals surface area contributed by atoms with Gasteiger partial charge in [-0.25, -0.2) is 9.97 Å². The molecule has 3 heterocycles. The molecule has 0 spiro atoms. The number of hydrogen-bond donors (Lipinski definition) is 4. The van der Waals surface area contributed by atoms with E-state index in [9.17, 15) is 4.79 Å². The summed E-state index contributed by atoms with van der Waals surface area (Å²) in [5, 5.41) is 14.4. The van der Waals surface area contributed by atoms with Gasteiger partial charge in [-0.2, -0.15) is 10.1 Å². The van der Waals surface area contributed by atoms with Crippen LogP contribution >= 0.6 is 11.3 Å². The van der Waals surface area contributed by atoms with Gasteiger partial charge in [-0.05, 0) is 43.0 Å². The predicted molar refractivity (Wildman–Crippen MR) is 126 cm³/mol. The van der Waals surface area contributed by atoms with Gasteiger partial charge in [-0.3, -0.25) is 9.89 Å². The molecule has 0 saturated heterocycles. The van der Waals surface area contributed by atoms with Crippen molar-refractivity contribution in [3.8, 4) is 0 Å². The third kappa shape index (κ3) is 3.85. The van der Waals surface area contributed by atoms with Gasteiger partial charge in [0.25, 0.3) is 5.91 Å². The highest BCUT2D eigenvalue weighted by atomic mass is 32.1. The number of thiophene rings is 1. The molecule has 1 unspecified atom stereocenters. The Labute approximate surface area is 187 Å². The van der Waals surface area contributed by atoms with Crippen LogP contribution in [0.2, 0.25) is 0 Å². The van der Waals surface area contributed by atoms with Gasteiger partial charge in [-0.1, -0.05) is 0 Å². The molecule has 9 nitrogen and oxygen atoms in total. The maximum absolute atomic E-state index is 12.6. The highest BCUT2D eigenvalue weighted by molar-refractivity contribution is 7.19. The van der Waals surface area contributed by atoms with Crippen molar-refractivity contribution in [1.82, 2.24) is 20.2 Å². The standard InChI is InChI=1S/C22H22N8OS/c1-24-7-6-18(23)29-21(31)12-2-4-15-17(9-12)32-22-19(15)20(25-11-26-22)28-14-3-5-16-13(8-14)10-27-30-16/h3,5-8,10-12,24H,2,4,9H2,1H3,(H,27,30)(H2,23,29,31)(H,25,26,28)/p+1/b7-6-. The first-order chi connectivity index (χ1) is 15.6. The normalized spacial score (nSPS) is 16.7. The fraction of sp³-hybridized carbons (Fsp3) is 0.227. The molecule has 10 heteroatoms. The first-order valence-electron chi connectivity index (χ1n) is 10.4. The SMILES string of the molecule is C[NH2+]/C=C\C(N)=NC(=O)C1CCc2c(sc3ncnc(Nc4ccc5[nH]ncc5c4)c23)C1. The summed E-state index contributed by atoms with van der Waals surface area (Å²) < 4.78 is 0. The number of rotatable bonds is 5.